The van der Waals surface area contributed by atoms with E-state index in [2.05, 4.69) is 28.9 Å². The van der Waals surface area contributed by atoms with Gasteiger partial charge in [0.15, 0.2) is 0 Å². The summed E-state index contributed by atoms with van der Waals surface area (Å²) in [6.07, 6.45) is 4.50. The van der Waals surface area contributed by atoms with Crippen LogP contribution in [0.4, 0.5) is 0 Å². The van der Waals surface area contributed by atoms with Gasteiger partial charge in [0.05, 0.1) is 0 Å². The van der Waals surface area contributed by atoms with Crippen molar-refractivity contribution in [1.29, 1.82) is 0 Å². The largest absolute Gasteiger partial charge is 0.487 e. The van der Waals surface area contributed by atoms with Crippen LogP contribution in [0.15, 0.2) is 22.7 Å². The Bertz CT molecular complexity index is 374. The van der Waals surface area contributed by atoms with Gasteiger partial charge in [0.25, 0.3) is 0 Å². The maximum absolute atomic E-state index is 6.16. The van der Waals surface area contributed by atoms with Gasteiger partial charge in [-0.25, -0.2) is 0 Å². The Morgan fingerprint density at radius 3 is 2.69 bits per heavy atom. The van der Waals surface area contributed by atoms with E-state index >= 15 is 0 Å². The van der Waals surface area contributed by atoms with E-state index in [9.17, 15) is 0 Å². The molecule has 1 saturated carbocycles. The van der Waals surface area contributed by atoms with Gasteiger partial charge < -0.3 is 10.5 Å². The van der Waals surface area contributed by atoms with Crippen molar-refractivity contribution in [3.63, 3.8) is 0 Å². The summed E-state index contributed by atoms with van der Waals surface area (Å²) in [6, 6.07) is 6.15. The second kappa shape index (κ2) is 4.76. The summed E-state index contributed by atoms with van der Waals surface area (Å²) >= 11 is 3.46. The molecular formula is C13H18BrNO. The summed E-state index contributed by atoms with van der Waals surface area (Å²) in [5.74, 6) is 0.997. The number of aryl methyl sites for hydroxylation is 1. The fourth-order valence-electron chi connectivity index (χ4n) is 2.20. The van der Waals surface area contributed by atoms with E-state index in [0.29, 0.717) is 6.54 Å². The van der Waals surface area contributed by atoms with Gasteiger partial charge >= 0.3 is 0 Å². The molecule has 0 amide bonds. The van der Waals surface area contributed by atoms with Crippen LogP contribution in [0.5, 0.6) is 5.75 Å². The van der Waals surface area contributed by atoms with Crippen molar-refractivity contribution in [2.24, 2.45) is 5.73 Å². The highest BCUT2D eigenvalue weighted by Gasteiger charge is 2.38. The summed E-state index contributed by atoms with van der Waals surface area (Å²) in [5.41, 5.74) is 6.85. The molecule has 2 rings (SSSR count). The zero-order chi connectivity index (χ0) is 11.6. The number of nitrogens with two attached hydrogens (primary N) is 1. The van der Waals surface area contributed by atoms with Crippen LogP contribution >= 0.6 is 15.9 Å². The Kier molecular flexibility index (Phi) is 3.55. The number of hydrogen-bond donors (Lipinski definition) is 1. The molecule has 3 heteroatoms. The van der Waals surface area contributed by atoms with E-state index in [1.54, 1.807) is 0 Å². The normalized spacial score (nSPS) is 17.9. The summed E-state index contributed by atoms with van der Waals surface area (Å²) in [6.45, 7) is 2.78. The molecule has 2 nitrogen and oxygen atoms in total. The lowest BCUT2D eigenvalue weighted by Crippen LogP contribution is -2.44. The van der Waals surface area contributed by atoms with Crippen molar-refractivity contribution >= 4 is 15.9 Å². The van der Waals surface area contributed by atoms with Gasteiger partial charge in [0.1, 0.15) is 11.4 Å². The highest BCUT2D eigenvalue weighted by atomic mass is 79.9. The van der Waals surface area contributed by atoms with E-state index in [-0.39, 0.29) is 5.60 Å². The first-order valence-electron chi connectivity index (χ1n) is 5.80. The molecule has 88 valence electrons. The van der Waals surface area contributed by atoms with Gasteiger partial charge in [0, 0.05) is 4.47 Å². The minimum atomic E-state index is 0.0212. The summed E-state index contributed by atoms with van der Waals surface area (Å²) in [4.78, 5) is 0. The van der Waals surface area contributed by atoms with Crippen molar-refractivity contribution in [2.45, 2.75) is 38.2 Å². The standard InChI is InChI=1S/C13H18BrNO/c1-10-9-11(14)3-4-12(10)16-13(7-8-15)5-2-6-13/h3-4,9H,2,5-8,15H2,1H3. The molecule has 1 aromatic rings. The molecule has 0 spiro atoms. The van der Waals surface area contributed by atoms with Crippen LogP contribution in [0.2, 0.25) is 0 Å². The highest BCUT2D eigenvalue weighted by molar-refractivity contribution is 9.10. The topological polar surface area (TPSA) is 35.2 Å². The predicted octanol–water partition coefficient (Wildman–Crippen LogP) is 3.41. The van der Waals surface area contributed by atoms with Crippen molar-refractivity contribution in [1.82, 2.24) is 0 Å². The molecule has 1 aromatic carbocycles. The molecule has 0 bridgehead atoms. The minimum absolute atomic E-state index is 0.0212. The first-order chi connectivity index (χ1) is 7.65. The maximum atomic E-state index is 6.16. The predicted molar refractivity (Wildman–Crippen MR) is 69.8 cm³/mol. The molecule has 0 aliphatic heterocycles. The molecule has 0 unspecified atom stereocenters. The van der Waals surface area contributed by atoms with Crippen LogP contribution < -0.4 is 10.5 Å². The third-order valence-electron chi connectivity index (χ3n) is 3.33. The SMILES string of the molecule is Cc1cc(Br)ccc1OC1(CCN)CCC1. The minimum Gasteiger partial charge on any atom is -0.487 e. The Morgan fingerprint density at radius 2 is 2.19 bits per heavy atom. The third-order valence-corrected chi connectivity index (χ3v) is 3.82. The number of hydrogen-bond acceptors (Lipinski definition) is 2. The first-order valence-corrected chi connectivity index (χ1v) is 6.60. The average Bonchev–Trinajstić information content (AvgIpc) is 2.18. The van der Waals surface area contributed by atoms with Crippen LogP contribution in [-0.2, 0) is 0 Å². The van der Waals surface area contributed by atoms with Gasteiger partial charge in [-0.05, 0) is 62.9 Å². The molecule has 0 saturated heterocycles. The molecule has 1 aliphatic carbocycles. The van der Waals surface area contributed by atoms with E-state index in [4.69, 9.17) is 10.5 Å². The lowest BCUT2D eigenvalue weighted by molar-refractivity contribution is -0.0130. The molecule has 0 radical (unpaired) electrons. The van der Waals surface area contributed by atoms with Crippen LogP contribution in [0, 0.1) is 6.92 Å². The van der Waals surface area contributed by atoms with Gasteiger partial charge in [0.2, 0.25) is 0 Å². The zero-order valence-electron chi connectivity index (χ0n) is 9.63. The quantitative estimate of drug-likeness (QED) is 0.919. The van der Waals surface area contributed by atoms with Gasteiger partial charge in [-0.1, -0.05) is 15.9 Å². The number of halogens is 1. The number of ether oxygens (including phenoxy) is 1. The van der Waals surface area contributed by atoms with Gasteiger partial charge in [-0.15, -0.1) is 0 Å². The van der Waals surface area contributed by atoms with Crippen molar-refractivity contribution < 1.29 is 4.74 Å². The maximum Gasteiger partial charge on any atom is 0.123 e. The van der Waals surface area contributed by atoms with E-state index < -0.39 is 0 Å². The molecule has 0 atom stereocenters. The third kappa shape index (κ3) is 2.41. The molecule has 2 N–H and O–H groups in total. The smallest absolute Gasteiger partial charge is 0.123 e. The van der Waals surface area contributed by atoms with Crippen molar-refractivity contribution in [2.75, 3.05) is 6.54 Å². The van der Waals surface area contributed by atoms with E-state index in [1.165, 1.54) is 12.0 Å². The lowest BCUT2D eigenvalue weighted by atomic mass is 9.77. The van der Waals surface area contributed by atoms with Crippen LogP contribution in [0.3, 0.4) is 0 Å². The van der Waals surface area contributed by atoms with Crippen LogP contribution in [0.1, 0.15) is 31.2 Å². The van der Waals surface area contributed by atoms with Crippen LogP contribution in [0.25, 0.3) is 0 Å². The molecule has 1 aliphatic rings. The van der Waals surface area contributed by atoms with Crippen LogP contribution in [-0.4, -0.2) is 12.1 Å². The molecule has 0 heterocycles. The fraction of sp³-hybridized carbons (Fsp3) is 0.538. The number of rotatable bonds is 4. The fourth-order valence-corrected chi connectivity index (χ4v) is 2.67. The van der Waals surface area contributed by atoms with E-state index in [1.807, 2.05) is 12.1 Å². The first kappa shape index (κ1) is 11.9. The van der Waals surface area contributed by atoms with E-state index in [0.717, 1.165) is 29.5 Å². The second-order valence-corrected chi connectivity index (χ2v) is 5.50. The molecule has 16 heavy (non-hydrogen) atoms. The summed E-state index contributed by atoms with van der Waals surface area (Å²) < 4.78 is 7.26. The van der Waals surface area contributed by atoms with Gasteiger partial charge in [-0.3, -0.25) is 0 Å². The second-order valence-electron chi connectivity index (χ2n) is 4.59. The highest BCUT2D eigenvalue weighted by Crippen LogP contribution is 2.40. The Hall–Kier alpha value is -0.540. The monoisotopic (exact) mass is 283 g/mol. The molecule has 0 aromatic heterocycles. The van der Waals surface area contributed by atoms with Gasteiger partial charge in [-0.2, -0.15) is 0 Å². The average molecular weight is 284 g/mol. The molecule has 1 fully saturated rings. The van der Waals surface area contributed by atoms with Crippen molar-refractivity contribution in [3.8, 4) is 5.75 Å². The Balaban J connectivity index is 2.13. The summed E-state index contributed by atoms with van der Waals surface area (Å²) in [5, 5.41) is 0. The number of benzene rings is 1. The summed E-state index contributed by atoms with van der Waals surface area (Å²) in [7, 11) is 0. The Labute approximate surface area is 105 Å². The Morgan fingerprint density at radius 1 is 1.44 bits per heavy atom. The molecular weight excluding hydrogens is 266 g/mol. The van der Waals surface area contributed by atoms with Crippen molar-refractivity contribution in [3.05, 3.63) is 28.2 Å². The lowest BCUT2D eigenvalue weighted by Gasteiger charge is -2.42. The zero-order valence-corrected chi connectivity index (χ0v) is 11.2.